The third-order valence-corrected chi connectivity index (χ3v) is 3.18. The van der Waals surface area contributed by atoms with Gasteiger partial charge in [-0.05, 0) is 35.2 Å². The minimum atomic E-state index is 0.933. The zero-order chi connectivity index (χ0) is 9.64. The molecule has 76 valence electrons. The molecular weight excluding hydrogens is 192 g/mol. The van der Waals surface area contributed by atoms with Crippen LogP contribution in [-0.2, 0) is 6.54 Å². The summed E-state index contributed by atoms with van der Waals surface area (Å²) in [6.07, 6.45) is 5.00. The second kappa shape index (κ2) is 5.15. The number of aliphatic imine (C=N–C) groups is 1. The number of nitrogens with one attached hydrogen (secondary N) is 1. The number of hydrogen-bond donors (Lipinski definition) is 1. The van der Waals surface area contributed by atoms with Gasteiger partial charge in [-0.1, -0.05) is 6.42 Å². The smallest absolute Gasteiger partial charge is 0.0965 e. The monoisotopic (exact) mass is 208 g/mol. The highest BCUT2D eigenvalue weighted by molar-refractivity contribution is 7.07. The molecule has 3 heteroatoms. The van der Waals surface area contributed by atoms with Gasteiger partial charge in [0.2, 0.25) is 0 Å². The molecule has 0 unspecified atom stereocenters. The molecular formula is C11H16N2S. The Morgan fingerprint density at radius 1 is 1.36 bits per heavy atom. The zero-order valence-corrected chi connectivity index (χ0v) is 9.15. The van der Waals surface area contributed by atoms with E-state index in [1.807, 2.05) is 0 Å². The molecule has 1 aliphatic rings. The Hall–Kier alpha value is -0.830. The standard InChI is InChI=1S/C11H16N2S/c1-2-4-11(12-6-3-1)13-8-10-5-7-14-9-10/h5,7,9H,1-4,6,8H2,(H,12,13). The van der Waals surface area contributed by atoms with E-state index in [9.17, 15) is 0 Å². The SMILES string of the molecule is c1cc(CNC2=NCCCCC2)cs1. The van der Waals surface area contributed by atoms with Crippen molar-refractivity contribution in [1.29, 1.82) is 0 Å². The lowest BCUT2D eigenvalue weighted by molar-refractivity contribution is 0.728. The van der Waals surface area contributed by atoms with Crippen molar-refractivity contribution in [3.05, 3.63) is 22.4 Å². The highest BCUT2D eigenvalue weighted by Crippen LogP contribution is 2.08. The summed E-state index contributed by atoms with van der Waals surface area (Å²) in [7, 11) is 0. The normalized spacial score (nSPS) is 17.3. The predicted molar refractivity (Wildman–Crippen MR) is 61.9 cm³/mol. The van der Waals surface area contributed by atoms with Crippen molar-refractivity contribution < 1.29 is 0 Å². The molecule has 1 aromatic heterocycles. The maximum absolute atomic E-state index is 4.53. The van der Waals surface area contributed by atoms with Gasteiger partial charge in [0.25, 0.3) is 0 Å². The second-order valence-corrected chi connectivity index (χ2v) is 4.40. The molecule has 0 saturated carbocycles. The molecule has 1 N–H and O–H groups in total. The summed E-state index contributed by atoms with van der Waals surface area (Å²) in [4.78, 5) is 4.53. The summed E-state index contributed by atoms with van der Waals surface area (Å²) in [5.74, 6) is 1.20. The molecule has 2 rings (SSSR count). The van der Waals surface area contributed by atoms with Crippen molar-refractivity contribution in [3.8, 4) is 0 Å². The van der Waals surface area contributed by atoms with Crippen LogP contribution >= 0.6 is 11.3 Å². The van der Waals surface area contributed by atoms with Gasteiger partial charge in [0.05, 0.1) is 5.84 Å². The van der Waals surface area contributed by atoms with Crippen LogP contribution in [0.1, 0.15) is 31.2 Å². The van der Waals surface area contributed by atoms with Gasteiger partial charge < -0.3 is 5.32 Å². The Labute approximate surface area is 89.1 Å². The first kappa shape index (κ1) is 9.71. The highest BCUT2D eigenvalue weighted by Gasteiger charge is 2.03. The summed E-state index contributed by atoms with van der Waals surface area (Å²) in [6, 6.07) is 2.16. The average Bonchev–Trinajstić information content (AvgIpc) is 2.58. The number of rotatable bonds is 2. The molecule has 0 atom stereocenters. The van der Waals surface area contributed by atoms with Gasteiger partial charge in [-0.15, -0.1) is 0 Å². The molecule has 1 aromatic rings. The first-order valence-corrected chi connectivity index (χ1v) is 6.18. The molecule has 14 heavy (non-hydrogen) atoms. The van der Waals surface area contributed by atoms with Gasteiger partial charge in [-0.2, -0.15) is 11.3 Å². The number of nitrogens with zero attached hydrogens (tertiary/aromatic N) is 1. The zero-order valence-electron chi connectivity index (χ0n) is 8.33. The van der Waals surface area contributed by atoms with E-state index in [0.717, 1.165) is 19.5 Å². The fourth-order valence-electron chi connectivity index (χ4n) is 1.62. The Morgan fingerprint density at radius 3 is 3.21 bits per heavy atom. The van der Waals surface area contributed by atoms with Gasteiger partial charge >= 0.3 is 0 Å². The molecule has 1 aliphatic heterocycles. The maximum Gasteiger partial charge on any atom is 0.0965 e. The lowest BCUT2D eigenvalue weighted by Crippen LogP contribution is -2.22. The molecule has 2 nitrogen and oxygen atoms in total. The van der Waals surface area contributed by atoms with Gasteiger partial charge in [-0.3, -0.25) is 4.99 Å². The lowest BCUT2D eigenvalue weighted by Gasteiger charge is -2.06. The Balaban J connectivity index is 1.82. The van der Waals surface area contributed by atoms with Gasteiger partial charge in [0.15, 0.2) is 0 Å². The van der Waals surface area contributed by atoms with E-state index in [0.29, 0.717) is 0 Å². The van der Waals surface area contributed by atoms with Gasteiger partial charge in [0, 0.05) is 19.5 Å². The van der Waals surface area contributed by atoms with Crippen molar-refractivity contribution in [1.82, 2.24) is 5.32 Å². The van der Waals surface area contributed by atoms with Crippen molar-refractivity contribution >= 4 is 17.2 Å². The highest BCUT2D eigenvalue weighted by atomic mass is 32.1. The Kier molecular flexibility index (Phi) is 3.57. The quantitative estimate of drug-likeness (QED) is 0.794. The average molecular weight is 208 g/mol. The Bertz CT molecular complexity index is 290. The molecule has 0 radical (unpaired) electrons. The van der Waals surface area contributed by atoms with E-state index in [1.165, 1.54) is 30.7 Å². The predicted octanol–water partition coefficient (Wildman–Crippen LogP) is 2.81. The first-order valence-electron chi connectivity index (χ1n) is 5.23. The Morgan fingerprint density at radius 2 is 2.36 bits per heavy atom. The van der Waals surface area contributed by atoms with Crippen LogP contribution < -0.4 is 5.32 Å². The van der Waals surface area contributed by atoms with Crippen LogP contribution in [0.25, 0.3) is 0 Å². The molecule has 0 fully saturated rings. The van der Waals surface area contributed by atoms with Crippen LogP contribution in [0.5, 0.6) is 0 Å². The summed E-state index contributed by atoms with van der Waals surface area (Å²) >= 11 is 1.75. The summed E-state index contributed by atoms with van der Waals surface area (Å²) in [6.45, 7) is 1.94. The summed E-state index contributed by atoms with van der Waals surface area (Å²) in [5.41, 5.74) is 1.36. The maximum atomic E-state index is 4.53. The van der Waals surface area contributed by atoms with Crippen molar-refractivity contribution in [2.24, 2.45) is 4.99 Å². The minimum Gasteiger partial charge on any atom is -0.370 e. The van der Waals surface area contributed by atoms with Crippen molar-refractivity contribution in [2.75, 3.05) is 6.54 Å². The van der Waals surface area contributed by atoms with E-state index >= 15 is 0 Å². The largest absolute Gasteiger partial charge is 0.370 e. The molecule has 0 aromatic carbocycles. The van der Waals surface area contributed by atoms with Crippen LogP contribution in [0, 0.1) is 0 Å². The number of amidine groups is 1. The fraction of sp³-hybridized carbons (Fsp3) is 0.545. The summed E-state index contributed by atoms with van der Waals surface area (Å²) < 4.78 is 0. The third-order valence-electron chi connectivity index (χ3n) is 2.45. The molecule has 2 heterocycles. The summed E-state index contributed by atoms with van der Waals surface area (Å²) in [5, 5.41) is 7.72. The number of hydrogen-bond acceptors (Lipinski definition) is 3. The minimum absolute atomic E-state index is 0.933. The van der Waals surface area contributed by atoms with Gasteiger partial charge in [-0.25, -0.2) is 0 Å². The van der Waals surface area contributed by atoms with Crippen LogP contribution in [0.15, 0.2) is 21.8 Å². The van der Waals surface area contributed by atoms with E-state index in [2.05, 4.69) is 27.1 Å². The number of thiophene rings is 1. The van der Waals surface area contributed by atoms with Crippen LogP contribution in [-0.4, -0.2) is 12.4 Å². The van der Waals surface area contributed by atoms with Crippen LogP contribution in [0.4, 0.5) is 0 Å². The topological polar surface area (TPSA) is 24.4 Å². The first-order chi connectivity index (χ1) is 6.95. The lowest BCUT2D eigenvalue weighted by atomic mass is 10.2. The fourth-order valence-corrected chi connectivity index (χ4v) is 2.28. The van der Waals surface area contributed by atoms with E-state index < -0.39 is 0 Å². The second-order valence-electron chi connectivity index (χ2n) is 3.62. The van der Waals surface area contributed by atoms with E-state index in [-0.39, 0.29) is 0 Å². The third kappa shape index (κ3) is 2.84. The molecule has 0 saturated heterocycles. The molecule has 0 amide bonds. The van der Waals surface area contributed by atoms with Crippen LogP contribution in [0.2, 0.25) is 0 Å². The van der Waals surface area contributed by atoms with Gasteiger partial charge in [0.1, 0.15) is 0 Å². The van der Waals surface area contributed by atoms with E-state index in [4.69, 9.17) is 0 Å². The molecule has 0 bridgehead atoms. The van der Waals surface area contributed by atoms with Crippen molar-refractivity contribution in [3.63, 3.8) is 0 Å². The molecule has 0 aliphatic carbocycles. The van der Waals surface area contributed by atoms with Crippen molar-refractivity contribution in [2.45, 2.75) is 32.2 Å². The van der Waals surface area contributed by atoms with Crippen LogP contribution in [0.3, 0.4) is 0 Å². The molecule has 0 spiro atoms. The van der Waals surface area contributed by atoms with E-state index in [1.54, 1.807) is 11.3 Å².